The average Bonchev–Trinajstić information content (AvgIpc) is 2.09. The van der Waals surface area contributed by atoms with Crippen molar-refractivity contribution in [1.82, 2.24) is 0 Å². The Balaban J connectivity index is 3.41. The molecule has 0 aliphatic carbocycles. The lowest BCUT2D eigenvalue weighted by molar-refractivity contribution is -0.150. The normalized spacial score (nSPS) is 10.5. The lowest BCUT2D eigenvalue weighted by Gasteiger charge is -2.13. The Morgan fingerprint density at radius 3 is 1.81 bits per heavy atom. The molecule has 4 nitrogen and oxygen atoms in total. The van der Waals surface area contributed by atoms with Gasteiger partial charge in [0.15, 0.2) is 5.92 Å². The monoisotopic (exact) mass is 350 g/mol. The first-order valence-electron chi connectivity index (χ1n) is 4.25. The van der Waals surface area contributed by atoms with Crippen LogP contribution in [0.5, 0.6) is 0 Å². The van der Waals surface area contributed by atoms with Crippen LogP contribution in [0.2, 0.25) is 0 Å². The van der Waals surface area contributed by atoms with Crippen LogP contribution in [0.25, 0.3) is 0 Å². The van der Waals surface area contributed by atoms with Crippen molar-refractivity contribution in [2.75, 3.05) is 0 Å². The maximum absolute atomic E-state index is 10.9. The maximum atomic E-state index is 10.9. The summed E-state index contributed by atoms with van der Waals surface area (Å²) in [5.41, 5.74) is 1.11. The second-order valence-electron chi connectivity index (χ2n) is 3.25. The van der Waals surface area contributed by atoms with E-state index in [9.17, 15) is 9.59 Å². The van der Waals surface area contributed by atoms with E-state index in [0.29, 0.717) is 8.95 Å². The standard InChI is InChI=1S/C10H8Br2O4/c1-4-2-5(11)7(6(12)3-4)8(9(13)14)10(15)16/h2-3,8H,1H3,(H,13,14)(H,15,16). The Hall–Kier alpha value is -0.880. The van der Waals surface area contributed by atoms with Crippen LogP contribution in [0.3, 0.4) is 0 Å². The van der Waals surface area contributed by atoms with E-state index in [1.165, 1.54) is 0 Å². The van der Waals surface area contributed by atoms with E-state index in [1.807, 2.05) is 6.92 Å². The van der Waals surface area contributed by atoms with Gasteiger partial charge in [0, 0.05) is 14.5 Å². The highest BCUT2D eigenvalue weighted by Crippen LogP contribution is 2.33. The fourth-order valence-electron chi connectivity index (χ4n) is 1.34. The summed E-state index contributed by atoms with van der Waals surface area (Å²) in [6, 6.07) is 3.36. The highest BCUT2D eigenvalue weighted by molar-refractivity contribution is 9.11. The first-order valence-corrected chi connectivity index (χ1v) is 5.84. The molecular formula is C10H8Br2O4. The van der Waals surface area contributed by atoms with E-state index in [1.54, 1.807) is 12.1 Å². The second kappa shape index (κ2) is 4.97. The van der Waals surface area contributed by atoms with Gasteiger partial charge in [0.25, 0.3) is 0 Å². The van der Waals surface area contributed by atoms with Crippen LogP contribution < -0.4 is 0 Å². The molecule has 1 rings (SSSR count). The third-order valence-electron chi connectivity index (χ3n) is 2.01. The molecule has 0 bridgehead atoms. The number of halogens is 2. The summed E-state index contributed by atoms with van der Waals surface area (Å²) in [6.07, 6.45) is 0. The molecule has 0 saturated heterocycles. The van der Waals surface area contributed by atoms with Crippen molar-refractivity contribution in [3.05, 3.63) is 32.2 Å². The molecule has 2 N–H and O–H groups in total. The molecule has 0 amide bonds. The minimum Gasteiger partial charge on any atom is -0.480 e. The van der Waals surface area contributed by atoms with Crippen LogP contribution in [-0.2, 0) is 9.59 Å². The molecule has 0 aliphatic rings. The lowest BCUT2D eigenvalue weighted by atomic mass is 9.98. The van der Waals surface area contributed by atoms with Crippen molar-refractivity contribution >= 4 is 43.8 Å². The molecule has 0 spiro atoms. The summed E-state index contributed by atoms with van der Waals surface area (Å²) in [5.74, 6) is -4.36. The van der Waals surface area contributed by atoms with Gasteiger partial charge in [-0.25, -0.2) is 0 Å². The van der Waals surface area contributed by atoms with Gasteiger partial charge in [-0.05, 0) is 24.6 Å². The number of carboxylic acids is 2. The largest absolute Gasteiger partial charge is 0.480 e. The second-order valence-corrected chi connectivity index (χ2v) is 4.96. The van der Waals surface area contributed by atoms with Crippen molar-refractivity contribution in [2.45, 2.75) is 12.8 Å². The van der Waals surface area contributed by atoms with Crippen LogP contribution in [0.15, 0.2) is 21.1 Å². The van der Waals surface area contributed by atoms with Crippen molar-refractivity contribution in [3.63, 3.8) is 0 Å². The molecule has 6 heteroatoms. The molecule has 1 aromatic rings. The third-order valence-corrected chi connectivity index (χ3v) is 3.32. The van der Waals surface area contributed by atoms with E-state index in [0.717, 1.165) is 5.56 Å². The van der Waals surface area contributed by atoms with Gasteiger partial charge in [0.1, 0.15) is 0 Å². The number of aliphatic carboxylic acids is 2. The Morgan fingerprint density at radius 2 is 1.50 bits per heavy atom. The van der Waals surface area contributed by atoms with Crippen molar-refractivity contribution < 1.29 is 19.8 Å². The van der Waals surface area contributed by atoms with E-state index in [2.05, 4.69) is 31.9 Å². The zero-order valence-corrected chi connectivity index (χ0v) is 11.4. The van der Waals surface area contributed by atoms with E-state index < -0.39 is 17.9 Å². The summed E-state index contributed by atoms with van der Waals surface area (Å²) in [6.45, 7) is 1.83. The first-order chi connectivity index (χ1) is 7.34. The van der Waals surface area contributed by atoms with Gasteiger partial charge >= 0.3 is 11.9 Å². The summed E-state index contributed by atoms with van der Waals surface area (Å²) >= 11 is 6.36. The molecule has 0 fully saturated rings. The molecule has 0 atom stereocenters. The molecule has 0 unspecified atom stereocenters. The number of carboxylic acid groups (broad SMARTS) is 2. The lowest BCUT2D eigenvalue weighted by Crippen LogP contribution is -2.22. The van der Waals surface area contributed by atoms with Gasteiger partial charge in [-0.3, -0.25) is 9.59 Å². The predicted octanol–water partition coefficient (Wildman–Crippen LogP) is 2.77. The summed E-state index contributed by atoms with van der Waals surface area (Å²) in [7, 11) is 0. The van der Waals surface area contributed by atoms with Gasteiger partial charge < -0.3 is 10.2 Å². The zero-order chi connectivity index (χ0) is 12.5. The quantitative estimate of drug-likeness (QED) is 0.821. The summed E-state index contributed by atoms with van der Waals surface area (Å²) in [5, 5.41) is 17.8. The van der Waals surface area contributed by atoms with Gasteiger partial charge in [-0.15, -0.1) is 0 Å². The highest BCUT2D eigenvalue weighted by Gasteiger charge is 2.31. The SMILES string of the molecule is Cc1cc(Br)c(C(C(=O)O)C(=O)O)c(Br)c1. The molecule has 16 heavy (non-hydrogen) atoms. The topological polar surface area (TPSA) is 74.6 Å². The fourth-order valence-corrected chi connectivity index (χ4v) is 3.21. The number of benzene rings is 1. The van der Waals surface area contributed by atoms with Crippen LogP contribution in [0.1, 0.15) is 17.0 Å². The summed E-state index contributed by atoms with van der Waals surface area (Å²) < 4.78 is 0.934. The Bertz CT molecular complexity index is 419. The van der Waals surface area contributed by atoms with Crippen LogP contribution in [0, 0.1) is 6.92 Å². The molecule has 0 heterocycles. The maximum Gasteiger partial charge on any atom is 0.322 e. The number of rotatable bonds is 3. The number of hydrogen-bond acceptors (Lipinski definition) is 2. The van der Waals surface area contributed by atoms with E-state index >= 15 is 0 Å². The zero-order valence-electron chi connectivity index (χ0n) is 8.20. The Kier molecular flexibility index (Phi) is 4.09. The number of hydrogen-bond donors (Lipinski definition) is 2. The minimum absolute atomic E-state index is 0.214. The number of carbonyl (C=O) groups is 2. The molecule has 0 radical (unpaired) electrons. The van der Waals surface area contributed by atoms with Crippen molar-refractivity contribution in [3.8, 4) is 0 Å². The number of aryl methyl sites for hydroxylation is 1. The third kappa shape index (κ3) is 2.62. The molecule has 0 aliphatic heterocycles. The molecule has 0 saturated carbocycles. The Labute approximate surface area is 109 Å². The van der Waals surface area contributed by atoms with E-state index in [-0.39, 0.29) is 5.56 Å². The van der Waals surface area contributed by atoms with E-state index in [4.69, 9.17) is 10.2 Å². The minimum atomic E-state index is -1.58. The molecular weight excluding hydrogens is 344 g/mol. The van der Waals surface area contributed by atoms with Gasteiger partial charge in [0.05, 0.1) is 0 Å². The molecule has 0 aromatic heterocycles. The fraction of sp³-hybridized carbons (Fsp3) is 0.200. The average molecular weight is 352 g/mol. The molecule has 1 aromatic carbocycles. The predicted molar refractivity (Wildman–Crippen MR) is 64.6 cm³/mol. The Morgan fingerprint density at radius 1 is 1.12 bits per heavy atom. The van der Waals surface area contributed by atoms with Gasteiger partial charge in [-0.1, -0.05) is 31.9 Å². The van der Waals surface area contributed by atoms with Crippen molar-refractivity contribution in [2.24, 2.45) is 0 Å². The van der Waals surface area contributed by atoms with Gasteiger partial charge in [0.2, 0.25) is 0 Å². The smallest absolute Gasteiger partial charge is 0.322 e. The first kappa shape index (κ1) is 13.2. The van der Waals surface area contributed by atoms with Crippen molar-refractivity contribution in [1.29, 1.82) is 0 Å². The summed E-state index contributed by atoms with van der Waals surface area (Å²) in [4.78, 5) is 21.8. The van der Waals surface area contributed by atoms with Crippen LogP contribution in [-0.4, -0.2) is 22.2 Å². The highest BCUT2D eigenvalue weighted by atomic mass is 79.9. The molecule has 86 valence electrons. The van der Waals surface area contributed by atoms with Crippen LogP contribution >= 0.6 is 31.9 Å². The van der Waals surface area contributed by atoms with Gasteiger partial charge in [-0.2, -0.15) is 0 Å². The van der Waals surface area contributed by atoms with Crippen LogP contribution in [0.4, 0.5) is 0 Å².